The van der Waals surface area contributed by atoms with Crippen LogP contribution in [0.4, 0.5) is 11.4 Å². The summed E-state index contributed by atoms with van der Waals surface area (Å²) in [7, 11) is 0. The van der Waals surface area contributed by atoms with Crippen molar-refractivity contribution in [3.63, 3.8) is 0 Å². The van der Waals surface area contributed by atoms with E-state index in [2.05, 4.69) is 82.2 Å². The maximum atomic E-state index is 6.92. The lowest BCUT2D eigenvalue weighted by atomic mass is 10.00. The van der Waals surface area contributed by atoms with Crippen molar-refractivity contribution in [3.8, 4) is 11.5 Å². The average Bonchev–Trinajstić information content (AvgIpc) is 2.86. The van der Waals surface area contributed by atoms with E-state index in [0.29, 0.717) is 0 Å². The second-order valence-electron chi connectivity index (χ2n) is 8.31. The zero-order valence-electron chi connectivity index (χ0n) is 17.3. The summed E-state index contributed by atoms with van der Waals surface area (Å²) in [6.45, 7) is 0. The number of rotatable bonds is 2. The Kier molecular flexibility index (Phi) is 3.50. The summed E-state index contributed by atoms with van der Waals surface area (Å²) >= 11 is 0. The average molecular weight is 416 g/mol. The van der Waals surface area contributed by atoms with E-state index in [9.17, 15) is 0 Å². The Labute approximate surface area is 185 Å². The highest BCUT2D eigenvalue weighted by atomic mass is 16.7. The van der Waals surface area contributed by atoms with E-state index in [-0.39, 0.29) is 0 Å². The highest BCUT2D eigenvalue weighted by molar-refractivity contribution is 5.84. The largest absolute Gasteiger partial charge is 0.714 e. The van der Waals surface area contributed by atoms with Crippen LogP contribution < -0.4 is 9.47 Å². The number of nitrogens with zero attached hydrogens (tertiary/aromatic N) is 2. The van der Waals surface area contributed by atoms with Gasteiger partial charge in [-0.25, -0.2) is 0 Å². The summed E-state index contributed by atoms with van der Waals surface area (Å²) < 4.78 is 17.9. The zero-order valence-corrected chi connectivity index (χ0v) is 17.3. The van der Waals surface area contributed by atoms with Gasteiger partial charge in [0.1, 0.15) is 0 Å². The molecule has 152 valence electrons. The first-order valence-corrected chi connectivity index (χ1v) is 10.8. The molecule has 4 heteroatoms. The van der Waals surface area contributed by atoms with E-state index < -0.39 is 6.03 Å². The number of hydrogen-bond acceptors (Lipinski definition) is 2. The summed E-state index contributed by atoms with van der Waals surface area (Å²) in [5.41, 5.74) is 6.38. The molecular formula is C28H20N2O2+2. The molecule has 32 heavy (non-hydrogen) atoms. The van der Waals surface area contributed by atoms with E-state index >= 15 is 0 Å². The Morgan fingerprint density at radius 3 is 2.03 bits per heavy atom. The Bertz CT molecular complexity index is 1440. The summed E-state index contributed by atoms with van der Waals surface area (Å²) in [5, 5.41) is 0. The smallest absolute Gasteiger partial charge is 0.340 e. The highest BCUT2D eigenvalue weighted by Gasteiger charge is 2.66. The molecule has 0 saturated carbocycles. The molecule has 4 bridgehead atoms. The molecular weight excluding hydrogens is 396 g/mol. The van der Waals surface area contributed by atoms with Crippen molar-refractivity contribution in [1.82, 2.24) is 0 Å². The van der Waals surface area contributed by atoms with Crippen molar-refractivity contribution in [3.05, 3.63) is 119 Å². The van der Waals surface area contributed by atoms with Crippen LogP contribution in [0.25, 0.3) is 0 Å². The van der Waals surface area contributed by atoms with Gasteiger partial charge >= 0.3 is 6.03 Å². The fourth-order valence-electron chi connectivity index (χ4n) is 4.78. The quantitative estimate of drug-likeness (QED) is 0.419. The van der Waals surface area contributed by atoms with Crippen molar-refractivity contribution < 1.29 is 18.6 Å². The second-order valence-corrected chi connectivity index (χ2v) is 8.31. The van der Waals surface area contributed by atoms with Gasteiger partial charge in [-0.1, -0.05) is 63.7 Å². The van der Waals surface area contributed by atoms with Gasteiger partial charge < -0.3 is 9.47 Å². The van der Waals surface area contributed by atoms with Crippen LogP contribution in [0.15, 0.2) is 97.1 Å². The lowest BCUT2D eigenvalue weighted by Crippen LogP contribution is -2.61. The molecule has 0 radical (unpaired) electrons. The monoisotopic (exact) mass is 416 g/mol. The van der Waals surface area contributed by atoms with Crippen LogP contribution in [0.5, 0.6) is 11.5 Å². The lowest BCUT2D eigenvalue weighted by Gasteiger charge is -2.31. The van der Waals surface area contributed by atoms with Crippen LogP contribution in [0.1, 0.15) is 22.3 Å². The molecule has 4 aromatic rings. The fraction of sp³-hybridized carbons (Fsp3) is 0.0714. The molecule has 3 aliphatic heterocycles. The van der Waals surface area contributed by atoms with Gasteiger partial charge in [0, 0.05) is 36.2 Å². The molecule has 0 N–H and O–H groups in total. The fourth-order valence-corrected chi connectivity index (χ4v) is 4.78. The molecule has 1 spiro atoms. The van der Waals surface area contributed by atoms with Crippen LogP contribution in [0.3, 0.4) is 0 Å². The number of fused-ring (bicyclic) bond motifs is 1. The third-order valence-corrected chi connectivity index (χ3v) is 6.29. The van der Waals surface area contributed by atoms with Gasteiger partial charge in [0.05, 0.1) is 11.1 Å². The third-order valence-electron chi connectivity index (χ3n) is 6.29. The summed E-state index contributed by atoms with van der Waals surface area (Å²) in [6.07, 6.45) is 5.06. The van der Waals surface area contributed by atoms with E-state index in [1.165, 1.54) is 5.56 Å². The normalized spacial score (nSPS) is 19.5. The van der Waals surface area contributed by atoms with Crippen LogP contribution in [0, 0.1) is 0 Å². The van der Waals surface area contributed by atoms with E-state index in [4.69, 9.17) is 9.47 Å². The molecule has 0 aromatic heterocycles. The van der Waals surface area contributed by atoms with Crippen molar-refractivity contribution in [2.45, 2.75) is 12.5 Å². The molecule has 1 unspecified atom stereocenters. The second kappa shape index (κ2) is 6.41. The minimum Gasteiger partial charge on any atom is -0.340 e. The number of ether oxygens (including phenoxy) is 2. The van der Waals surface area contributed by atoms with E-state index in [1.807, 2.05) is 36.4 Å². The number of hydrogen-bond donors (Lipinski definition) is 0. The van der Waals surface area contributed by atoms with Crippen LogP contribution in [-0.2, 0) is 6.42 Å². The zero-order chi connectivity index (χ0) is 21.1. The van der Waals surface area contributed by atoms with Gasteiger partial charge in [-0.2, -0.15) is 0 Å². The Hall–Kier alpha value is -4.18. The highest BCUT2D eigenvalue weighted by Crippen LogP contribution is 2.43. The van der Waals surface area contributed by atoms with Crippen molar-refractivity contribution in [2.24, 2.45) is 0 Å². The third kappa shape index (κ3) is 2.44. The Balaban J connectivity index is 1.61. The first kappa shape index (κ1) is 17.5. The molecule has 4 aromatic carbocycles. The SMILES string of the molecule is C1=[N+](c2ccccc2)C23Oc4cc(ccc41)Cc1cccc(c1O2)C=[N+]3c1ccccc1. The molecule has 3 heterocycles. The predicted molar refractivity (Wildman–Crippen MR) is 123 cm³/mol. The minimum atomic E-state index is -1.23. The first-order valence-electron chi connectivity index (χ1n) is 10.8. The number of para-hydroxylation sites is 3. The van der Waals surface area contributed by atoms with Gasteiger partial charge in [0.25, 0.3) is 0 Å². The van der Waals surface area contributed by atoms with E-state index in [0.717, 1.165) is 46.0 Å². The minimum absolute atomic E-state index is 0.792. The molecule has 4 nitrogen and oxygen atoms in total. The van der Waals surface area contributed by atoms with Gasteiger partial charge in [-0.05, 0) is 23.8 Å². The molecule has 0 aliphatic carbocycles. The van der Waals surface area contributed by atoms with Gasteiger partial charge in [-0.15, -0.1) is 0 Å². The standard InChI is InChI=1S/C28H20N2O2/c1-3-10-24(11-4-1)29-18-22-15-14-20-16-21-8-7-9-23-19-30(25-12-5-2-6-13-25)28(29,32-27(21)23)31-26(22)17-20/h1-15,17-19H,16H2/q+2. The van der Waals surface area contributed by atoms with Crippen molar-refractivity contribution >= 4 is 23.8 Å². The molecule has 0 saturated heterocycles. The van der Waals surface area contributed by atoms with Gasteiger partial charge in [0.15, 0.2) is 23.9 Å². The molecule has 7 rings (SSSR count). The Morgan fingerprint density at radius 2 is 1.31 bits per heavy atom. The van der Waals surface area contributed by atoms with Crippen LogP contribution in [-0.4, -0.2) is 27.6 Å². The predicted octanol–water partition coefficient (Wildman–Crippen LogP) is 5.21. The van der Waals surface area contributed by atoms with E-state index in [1.54, 1.807) is 0 Å². The molecule has 0 fully saturated rings. The molecule has 0 amide bonds. The van der Waals surface area contributed by atoms with Crippen LogP contribution >= 0.6 is 0 Å². The van der Waals surface area contributed by atoms with Gasteiger partial charge in [0.2, 0.25) is 11.4 Å². The maximum Gasteiger partial charge on any atom is 0.714 e. The topological polar surface area (TPSA) is 24.5 Å². The maximum absolute atomic E-state index is 6.92. The van der Waals surface area contributed by atoms with Crippen molar-refractivity contribution in [1.29, 1.82) is 0 Å². The Morgan fingerprint density at radius 1 is 0.625 bits per heavy atom. The summed E-state index contributed by atoms with van der Waals surface area (Å²) in [6, 6.07) is 32.0. The lowest BCUT2D eigenvalue weighted by molar-refractivity contribution is -0.855. The summed E-state index contributed by atoms with van der Waals surface area (Å²) in [4.78, 5) is 0. The number of benzene rings is 4. The summed E-state index contributed by atoms with van der Waals surface area (Å²) in [5.74, 6) is 1.68. The first-order chi connectivity index (χ1) is 15.8. The van der Waals surface area contributed by atoms with Crippen molar-refractivity contribution in [2.75, 3.05) is 0 Å². The van der Waals surface area contributed by atoms with Gasteiger partial charge in [-0.3, -0.25) is 0 Å². The molecule has 3 aliphatic rings. The molecule has 1 atom stereocenters. The van der Waals surface area contributed by atoms with Crippen LogP contribution in [0.2, 0.25) is 0 Å².